The molecule has 0 bridgehead atoms. The highest BCUT2D eigenvalue weighted by molar-refractivity contribution is 5.96. The van der Waals surface area contributed by atoms with Crippen molar-refractivity contribution in [3.63, 3.8) is 0 Å². The SMILES string of the molecule is CCc1c(OC)cc(OC)c(C)c1-c1cc2cnc(N)cc2c(NCCO)n1. The van der Waals surface area contributed by atoms with Gasteiger partial charge >= 0.3 is 0 Å². The van der Waals surface area contributed by atoms with Gasteiger partial charge in [-0.3, -0.25) is 0 Å². The number of ether oxygens (including phenoxy) is 2. The van der Waals surface area contributed by atoms with Crippen molar-refractivity contribution < 1.29 is 14.6 Å². The van der Waals surface area contributed by atoms with Crippen molar-refractivity contribution in [2.45, 2.75) is 20.3 Å². The van der Waals surface area contributed by atoms with E-state index in [1.54, 1.807) is 26.5 Å². The van der Waals surface area contributed by atoms with Gasteiger partial charge in [-0.05, 0) is 25.5 Å². The van der Waals surface area contributed by atoms with Crippen molar-refractivity contribution in [3.8, 4) is 22.8 Å². The highest BCUT2D eigenvalue weighted by Gasteiger charge is 2.20. The van der Waals surface area contributed by atoms with E-state index in [9.17, 15) is 5.11 Å². The largest absolute Gasteiger partial charge is 0.496 e. The highest BCUT2D eigenvalue weighted by atomic mass is 16.5. The van der Waals surface area contributed by atoms with Gasteiger partial charge in [0.1, 0.15) is 23.1 Å². The van der Waals surface area contributed by atoms with Crippen LogP contribution in [0.15, 0.2) is 24.4 Å². The van der Waals surface area contributed by atoms with Gasteiger partial charge in [-0.15, -0.1) is 0 Å². The lowest BCUT2D eigenvalue weighted by Crippen LogP contribution is -2.09. The number of nitrogens with zero attached hydrogens (tertiary/aromatic N) is 2. The predicted octanol–water partition coefficient (Wildman–Crippen LogP) is 3.17. The zero-order valence-electron chi connectivity index (χ0n) is 16.7. The number of aromatic nitrogens is 2. The van der Waals surface area contributed by atoms with Crippen LogP contribution in [0.5, 0.6) is 11.5 Å². The topological polar surface area (TPSA) is 103 Å². The fourth-order valence-corrected chi connectivity index (χ4v) is 3.48. The lowest BCUT2D eigenvalue weighted by atomic mass is 9.94. The molecule has 3 rings (SSSR count). The van der Waals surface area contributed by atoms with Gasteiger partial charge < -0.3 is 25.6 Å². The number of aliphatic hydroxyl groups is 1. The molecule has 1 aromatic carbocycles. The highest BCUT2D eigenvalue weighted by Crippen LogP contribution is 2.40. The number of nitrogen functional groups attached to an aromatic ring is 1. The van der Waals surface area contributed by atoms with Gasteiger partial charge in [0.25, 0.3) is 0 Å². The van der Waals surface area contributed by atoms with Crippen LogP contribution in [0.1, 0.15) is 18.1 Å². The first-order valence-electron chi connectivity index (χ1n) is 9.19. The van der Waals surface area contributed by atoms with Crippen molar-refractivity contribution >= 4 is 22.4 Å². The summed E-state index contributed by atoms with van der Waals surface area (Å²) in [5.74, 6) is 2.58. The molecule has 0 fully saturated rings. The van der Waals surface area contributed by atoms with Crippen LogP contribution in [0.25, 0.3) is 22.0 Å². The minimum atomic E-state index is 0.000186. The molecule has 28 heavy (non-hydrogen) atoms. The molecule has 4 N–H and O–H groups in total. The summed E-state index contributed by atoms with van der Waals surface area (Å²) in [7, 11) is 3.30. The summed E-state index contributed by atoms with van der Waals surface area (Å²) in [6.45, 7) is 4.48. The van der Waals surface area contributed by atoms with Gasteiger partial charge in [-0.2, -0.15) is 0 Å². The minimum absolute atomic E-state index is 0.000186. The van der Waals surface area contributed by atoms with Crippen LogP contribution in [0.4, 0.5) is 11.6 Å². The van der Waals surface area contributed by atoms with E-state index in [1.165, 1.54) is 0 Å². The molecule has 2 heterocycles. The van der Waals surface area contributed by atoms with Crippen LogP contribution in [0.2, 0.25) is 0 Å². The van der Waals surface area contributed by atoms with Crippen molar-refractivity contribution in [1.82, 2.24) is 9.97 Å². The first-order valence-corrected chi connectivity index (χ1v) is 9.19. The summed E-state index contributed by atoms with van der Waals surface area (Å²) in [6, 6.07) is 5.68. The maximum atomic E-state index is 9.24. The predicted molar refractivity (Wildman–Crippen MR) is 112 cm³/mol. The lowest BCUT2D eigenvalue weighted by Gasteiger charge is -2.19. The molecule has 0 saturated heterocycles. The smallest absolute Gasteiger partial charge is 0.134 e. The van der Waals surface area contributed by atoms with Crippen LogP contribution in [0.3, 0.4) is 0 Å². The molecular weight excluding hydrogens is 356 g/mol. The van der Waals surface area contributed by atoms with E-state index in [2.05, 4.69) is 17.2 Å². The third-order valence-corrected chi connectivity index (χ3v) is 4.80. The molecule has 0 saturated carbocycles. The Hall–Kier alpha value is -3.06. The Kier molecular flexibility index (Phi) is 5.84. The molecule has 0 amide bonds. The third kappa shape index (κ3) is 3.53. The first kappa shape index (κ1) is 19.7. The Morgan fingerprint density at radius 2 is 1.89 bits per heavy atom. The molecule has 0 aliphatic carbocycles. The normalized spacial score (nSPS) is 10.9. The number of hydrogen-bond acceptors (Lipinski definition) is 7. The average Bonchev–Trinajstić information content (AvgIpc) is 2.71. The standard InChI is InChI=1S/C21H26N4O3/c1-5-14-18(28-4)10-17(27-3)12(2)20(14)16-8-13-11-24-19(22)9-15(13)21(25-16)23-6-7-26/h8-11,26H,5-7H2,1-4H3,(H2,22,24)(H,23,25). The number of anilines is 2. The second-order valence-electron chi connectivity index (χ2n) is 6.45. The Balaban J connectivity index is 2.33. The Morgan fingerprint density at radius 1 is 1.14 bits per heavy atom. The molecule has 0 spiro atoms. The molecule has 2 aromatic heterocycles. The zero-order chi connectivity index (χ0) is 20.3. The van der Waals surface area contributed by atoms with Crippen LogP contribution in [-0.4, -0.2) is 42.4 Å². The van der Waals surface area contributed by atoms with Crippen LogP contribution >= 0.6 is 0 Å². The van der Waals surface area contributed by atoms with Crippen LogP contribution in [-0.2, 0) is 6.42 Å². The summed E-state index contributed by atoms with van der Waals surface area (Å²) >= 11 is 0. The van der Waals surface area contributed by atoms with Crippen molar-refractivity contribution in [1.29, 1.82) is 0 Å². The fraction of sp³-hybridized carbons (Fsp3) is 0.333. The molecular formula is C21H26N4O3. The summed E-state index contributed by atoms with van der Waals surface area (Å²) in [6.07, 6.45) is 2.51. The van der Waals surface area contributed by atoms with E-state index in [-0.39, 0.29) is 6.61 Å². The number of nitrogens with one attached hydrogen (secondary N) is 1. The summed E-state index contributed by atoms with van der Waals surface area (Å²) in [5.41, 5.74) is 9.68. The fourth-order valence-electron chi connectivity index (χ4n) is 3.48. The van der Waals surface area contributed by atoms with Gasteiger partial charge in [0.15, 0.2) is 0 Å². The molecule has 7 nitrogen and oxygen atoms in total. The Bertz CT molecular complexity index is 1000. The van der Waals surface area contributed by atoms with Crippen molar-refractivity contribution in [2.75, 3.05) is 38.4 Å². The maximum absolute atomic E-state index is 9.24. The summed E-state index contributed by atoms with van der Waals surface area (Å²) in [4.78, 5) is 9.07. The van der Waals surface area contributed by atoms with E-state index in [0.717, 1.165) is 51.1 Å². The van der Waals surface area contributed by atoms with Gasteiger partial charge in [0, 0.05) is 46.3 Å². The minimum Gasteiger partial charge on any atom is -0.496 e. The number of rotatable bonds is 7. The van der Waals surface area contributed by atoms with Gasteiger partial charge in [-0.1, -0.05) is 6.92 Å². The molecule has 0 aliphatic heterocycles. The summed E-state index contributed by atoms with van der Waals surface area (Å²) in [5, 5.41) is 14.2. The number of methoxy groups -OCH3 is 2. The number of aliphatic hydroxyl groups excluding tert-OH is 1. The van der Waals surface area contributed by atoms with E-state index >= 15 is 0 Å². The first-order chi connectivity index (χ1) is 13.5. The van der Waals surface area contributed by atoms with Gasteiger partial charge in [-0.25, -0.2) is 9.97 Å². The quantitative estimate of drug-likeness (QED) is 0.577. The second kappa shape index (κ2) is 8.31. The Morgan fingerprint density at radius 3 is 2.54 bits per heavy atom. The van der Waals surface area contributed by atoms with E-state index < -0.39 is 0 Å². The molecule has 0 atom stereocenters. The molecule has 148 valence electrons. The van der Waals surface area contributed by atoms with Crippen LogP contribution in [0, 0.1) is 6.92 Å². The average molecular weight is 382 g/mol. The maximum Gasteiger partial charge on any atom is 0.134 e. The number of fused-ring (bicyclic) bond motifs is 1. The molecule has 7 heteroatoms. The number of benzene rings is 1. The van der Waals surface area contributed by atoms with Gasteiger partial charge in [0.05, 0.1) is 26.5 Å². The molecule has 0 unspecified atom stereocenters. The molecule has 0 aliphatic rings. The number of nitrogens with two attached hydrogens (primary N) is 1. The lowest BCUT2D eigenvalue weighted by molar-refractivity contribution is 0.311. The van der Waals surface area contributed by atoms with E-state index in [1.807, 2.05) is 19.1 Å². The third-order valence-electron chi connectivity index (χ3n) is 4.80. The molecule has 3 aromatic rings. The monoisotopic (exact) mass is 382 g/mol. The van der Waals surface area contributed by atoms with Crippen LogP contribution < -0.4 is 20.5 Å². The second-order valence-corrected chi connectivity index (χ2v) is 6.45. The van der Waals surface area contributed by atoms with E-state index in [4.69, 9.17) is 20.2 Å². The molecule has 0 radical (unpaired) electrons. The zero-order valence-corrected chi connectivity index (χ0v) is 16.7. The summed E-state index contributed by atoms with van der Waals surface area (Å²) < 4.78 is 11.2. The Labute approximate surface area is 164 Å². The van der Waals surface area contributed by atoms with Crippen molar-refractivity contribution in [2.24, 2.45) is 0 Å². The van der Waals surface area contributed by atoms with Crippen molar-refractivity contribution in [3.05, 3.63) is 35.5 Å². The van der Waals surface area contributed by atoms with E-state index in [0.29, 0.717) is 18.2 Å². The number of pyridine rings is 2. The number of hydrogen-bond donors (Lipinski definition) is 3. The van der Waals surface area contributed by atoms with Gasteiger partial charge in [0.2, 0.25) is 0 Å².